The highest BCUT2D eigenvalue weighted by Crippen LogP contribution is 2.57. The first-order valence-electron chi connectivity index (χ1n) is 9.48. The minimum absolute atomic E-state index is 0.0208. The number of carbonyl (C=O) groups excluding carboxylic acids is 2. The van der Waals surface area contributed by atoms with Crippen molar-refractivity contribution in [2.45, 2.75) is 45.7 Å². The molecule has 1 saturated carbocycles. The maximum absolute atomic E-state index is 12.7. The molecular formula is C20H26N4O2S. The van der Waals surface area contributed by atoms with E-state index >= 15 is 0 Å². The monoisotopic (exact) mass is 386 g/mol. The minimum atomic E-state index is 0.0208. The number of aromatic nitrogens is 2. The molecule has 1 atom stereocenters. The summed E-state index contributed by atoms with van der Waals surface area (Å²) in [5, 5.41) is 8.49. The molecular weight excluding hydrogens is 360 g/mol. The Hall–Kier alpha value is -2.15. The van der Waals surface area contributed by atoms with Gasteiger partial charge < -0.3 is 9.80 Å². The Bertz CT molecular complexity index is 830. The standard InChI is InChI=1S/C20H26N4O2S/c1-14-10-17(21-22(14)3)19(26)23-7-5-20(6-8-23)11-18(20)24(15(2)25)12-16-4-9-27-13-16/h4,9-10,13,18H,5-8,11-12H2,1-3H3/t18-/m1/s1. The second kappa shape index (κ2) is 6.78. The molecule has 2 aliphatic rings. The van der Waals surface area contributed by atoms with Crippen LogP contribution in [0.25, 0.3) is 0 Å². The Morgan fingerprint density at radius 3 is 2.67 bits per heavy atom. The van der Waals surface area contributed by atoms with E-state index in [-0.39, 0.29) is 17.2 Å². The van der Waals surface area contributed by atoms with Crippen LogP contribution in [-0.2, 0) is 18.4 Å². The molecule has 2 aromatic rings. The lowest BCUT2D eigenvalue weighted by atomic mass is 9.92. The largest absolute Gasteiger partial charge is 0.337 e. The second-order valence-corrected chi connectivity index (χ2v) is 8.73. The lowest BCUT2D eigenvalue weighted by Gasteiger charge is -2.34. The van der Waals surface area contributed by atoms with E-state index in [4.69, 9.17) is 0 Å². The van der Waals surface area contributed by atoms with Crippen molar-refractivity contribution in [2.24, 2.45) is 12.5 Å². The first-order valence-corrected chi connectivity index (χ1v) is 10.4. The van der Waals surface area contributed by atoms with Gasteiger partial charge in [0.05, 0.1) is 0 Å². The molecule has 1 spiro atoms. The zero-order chi connectivity index (χ0) is 19.2. The van der Waals surface area contributed by atoms with Gasteiger partial charge in [-0.3, -0.25) is 14.3 Å². The van der Waals surface area contributed by atoms with Crippen molar-refractivity contribution in [3.05, 3.63) is 39.8 Å². The van der Waals surface area contributed by atoms with E-state index in [1.54, 1.807) is 22.9 Å². The molecule has 3 heterocycles. The molecule has 1 aliphatic carbocycles. The van der Waals surface area contributed by atoms with Crippen LogP contribution in [0.1, 0.15) is 47.9 Å². The van der Waals surface area contributed by atoms with Crippen molar-refractivity contribution in [3.63, 3.8) is 0 Å². The molecule has 0 unspecified atom stereocenters. The number of hydrogen-bond donors (Lipinski definition) is 0. The van der Waals surface area contributed by atoms with Gasteiger partial charge in [-0.15, -0.1) is 0 Å². The Kier molecular flexibility index (Phi) is 4.58. The number of likely N-dealkylation sites (tertiary alicyclic amines) is 1. The highest BCUT2D eigenvalue weighted by atomic mass is 32.1. The van der Waals surface area contributed by atoms with Crippen LogP contribution in [-0.4, -0.2) is 50.5 Å². The molecule has 1 saturated heterocycles. The fourth-order valence-electron chi connectivity index (χ4n) is 4.31. The summed E-state index contributed by atoms with van der Waals surface area (Å²) in [5.74, 6) is 0.165. The average Bonchev–Trinajstić information content (AvgIpc) is 2.98. The first-order chi connectivity index (χ1) is 12.9. The van der Waals surface area contributed by atoms with Gasteiger partial charge in [0, 0.05) is 45.3 Å². The minimum Gasteiger partial charge on any atom is -0.337 e. The zero-order valence-corrected chi connectivity index (χ0v) is 17.0. The molecule has 0 N–H and O–H groups in total. The van der Waals surface area contributed by atoms with Crippen molar-refractivity contribution in [1.29, 1.82) is 0 Å². The van der Waals surface area contributed by atoms with Crippen LogP contribution >= 0.6 is 11.3 Å². The van der Waals surface area contributed by atoms with Gasteiger partial charge in [0.1, 0.15) is 0 Å². The average molecular weight is 387 g/mol. The van der Waals surface area contributed by atoms with E-state index in [0.717, 1.165) is 38.0 Å². The van der Waals surface area contributed by atoms with Crippen molar-refractivity contribution < 1.29 is 9.59 Å². The summed E-state index contributed by atoms with van der Waals surface area (Å²) < 4.78 is 1.74. The fourth-order valence-corrected chi connectivity index (χ4v) is 4.97. The number of aryl methyl sites for hydroxylation is 2. The Morgan fingerprint density at radius 2 is 2.11 bits per heavy atom. The molecule has 4 rings (SSSR count). The molecule has 2 amide bonds. The molecule has 7 heteroatoms. The third-order valence-corrected chi connectivity index (χ3v) is 6.97. The van der Waals surface area contributed by atoms with Crippen molar-refractivity contribution in [3.8, 4) is 0 Å². The molecule has 27 heavy (non-hydrogen) atoms. The predicted molar refractivity (Wildman–Crippen MR) is 104 cm³/mol. The summed E-state index contributed by atoms with van der Waals surface area (Å²) in [6.07, 6.45) is 2.98. The molecule has 6 nitrogen and oxygen atoms in total. The van der Waals surface area contributed by atoms with E-state index in [9.17, 15) is 9.59 Å². The van der Waals surface area contributed by atoms with E-state index in [2.05, 4.69) is 21.9 Å². The number of rotatable bonds is 4. The Morgan fingerprint density at radius 1 is 1.37 bits per heavy atom. The zero-order valence-electron chi connectivity index (χ0n) is 16.1. The Balaban J connectivity index is 1.39. The molecule has 144 valence electrons. The van der Waals surface area contributed by atoms with E-state index in [0.29, 0.717) is 18.3 Å². The third kappa shape index (κ3) is 3.40. The summed E-state index contributed by atoms with van der Waals surface area (Å²) in [7, 11) is 1.86. The van der Waals surface area contributed by atoms with Crippen LogP contribution in [0.2, 0.25) is 0 Å². The maximum atomic E-state index is 12.7. The number of nitrogens with zero attached hydrogens (tertiary/aromatic N) is 4. The van der Waals surface area contributed by atoms with Crippen molar-refractivity contribution in [2.75, 3.05) is 13.1 Å². The van der Waals surface area contributed by atoms with Gasteiger partial charge in [-0.1, -0.05) is 0 Å². The summed E-state index contributed by atoms with van der Waals surface area (Å²) in [4.78, 5) is 28.9. The third-order valence-electron chi connectivity index (χ3n) is 6.24. The number of piperidine rings is 1. The molecule has 1 aliphatic heterocycles. The van der Waals surface area contributed by atoms with E-state index in [1.807, 2.05) is 29.8 Å². The molecule has 0 aromatic carbocycles. The Labute approximate surface area is 163 Å². The van der Waals surface area contributed by atoms with Crippen LogP contribution in [0.3, 0.4) is 0 Å². The maximum Gasteiger partial charge on any atom is 0.274 e. The van der Waals surface area contributed by atoms with Gasteiger partial charge >= 0.3 is 0 Å². The normalized spacial score (nSPS) is 20.7. The quantitative estimate of drug-likeness (QED) is 0.812. The van der Waals surface area contributed by atoms with Gasteiger partial charge in [0.15, 0.2) is 5.69 Å². The van der Waals surface area contributed by atoms with Crippen LogP contribution in [0.5, 0.6) is 0 Å². The summed E-state index contributed by atoms with van der Waals surface area (Å²) in [6, 6.07) is 4.25. The molecule has 2 fully saturated rings. The number of carbonyl (C=O) groups is 2. The fraction of sp³-hybridized carbons (Fsp3) is 0.550. The summed E-state index contributed by atoms with van der Waals surface area (Å²) in [5.41, 5.74) is 2.91. The molecule has 0 radical (unpaired) electrons. The molecule has 2 aromatic heterocycles. The van der Waals surface area contributed by atoms with Crippen molar-refractivity contribution >= 4 is 23.2 Å². The van der Waals surface area contributed by atoms with Gasteiger partial charge in [0.2, 0.25) is 5.91 Å². The summed E-state index contributed by atoms with van der Waals surface area (Å²) >= 11 is 1.67. The van der Waals surface area contributed by atoms with E-state index in [1.165, 1.54) is 5.56 Å². The van der Waals surface area contributed by atoms with Crippen LogP contribution in [0, 0.1) is 12.3 Å². The predicted octanol–water partition coefficient (Wildman–Crippen LogP) is 2.83. The van der Waals surface area contributed by atoms with Gasteiger partial charge in [-0.25, -0.2) is 0 Å². The van der Waals surface area contributed by atoms with Crippen LogP contribution in [0.4, 0.5) is 0 Å². The lowest BCUT2D eigenvalue weighted by Crippen LogP contribution is -2.42. The first kappa shape index (κ1) is 18.2. The number of hydrogen-bond acceptors (Lipinski definition) is 4. The summed E-state index contributed by atoms with van der Waals surface area (Å²) in [6.45, 7) is 5.81. The van der Waals surface area contributed by atoms with Crippen molar-refractivity contribution in [1.82, 2.24) is 19.6 Å². The molecule has 0 bridgehead atoms. The topological polar surface area (TPSA) is 58.4 Å². The van der Waals surface area contributed by atoms with E-state index < -0.39 is 0 Å². The van der Waals surface area contributed by atoms with Gasteiger partial charge in [-0.05, 0) is 60.1 Å². The second-order valence-electron chi connectivity index (χ2n) is 7.95. The SMILES string of the molecule is CC(=O)N(Cc1ccsc1)[C@@H]1CC12CCN(C(=O)c1cc(C)n(C)n1)CC2. The van der Waals surface area contributed by atoms with Gasteiger partial charge in [-0.2, -0.15) is 16.4 Å². The lowest BCUT2D eigenvalue weighted by molar-refractivity contribution is -0.130. The van der Waals surface area contributed by atoms with Crippen LogP contribution < -0.4 is 0 Å². The van der Waals surface area contributed by atoms with Gasteiger partial charge in [0.25, 0.3) is 5.91 Å². The highest BCUT2D eigenvalue weighted by molar-refractivity contribution is 7.07. The smallest absolute Gasteiger partial charge is 0.274 e. The number of amides is 2. The highest BCUT2D eigenvalue weighted by Gasteiger charge is 2.58. The van der Waals surface area contributed by atoms with Crippen LogP contribution in [0.15, 0.2) is 22.9 Å². The number of thiophene rings is 1.